The van der Waals surface area contributed by atoms with Gasteiger partial charge in [0.25, 0.3) is 0 Å². The zero-order valence-electron chi connectivity index (χ0n) is 14.6. The summed E-state index contributed by atoms with van der Waals surface area (Å²) in [6, 6.07) is 8.16. The molecule has 0 saturated carbocycles. The van der Waals surface area contributed by atoms with E-state index in [4.69, 9.17) is 4.74 Å². The number of piperazine rings is 1. The first kappa shape index (κ1) is 19.5. The Bertz CT molecular complexity index is 587. The molecule has 3 rings (SSSR count). The van der Waals surface area contributed by atoms with Gasteiger partial charge in [-0.25, -0.2) is 0 Å². The van der Waals surface area contributed by atoms with Gasteiger partial charge in [-0.3, -0.25) is 19.4 Å². The summed E-state index contributed by atoms with van der Waals surface area (Å²) in [5.41, 5.74) is 1.20. The zero-order chi connectivity index (χ0) is 16.9. The van der Waals surface area contributed by atoms with E-state index in [1.165, 1.54) is 10.6 Å². The van der Waals surface area contributed by atoms with E-state index < -0.39 is 0 Å². The maximum absolute atomic E-state index is 11.6. The Balaban J connectivity index is 0.00000225. The molecule has 0 bridgehead atoms. The third-order valence-electron chi connectivity index (χ3n) is 4.80. The first-order valence-electron chi connectivity index (χ1n) is 8.62. The Labute approximate surface area is 155 Å². The van der Waals surface area contributed by atoms with Gasteiger partial charge in [-0.15, -0.1) is 12.4 Å². The van der Waals surface area contributed by atoms with Crippen molar-refractivity contribution in [2.45, 2.75) is 19.3 Å². The number of benzene rings is 1. The van der Waals surface area contributed by atoms with Gasteiger partial charge in [0.2, 0.25) is 11.8 Å². The first-order valence-corrected chi connectivity index (χ1v) is 8.62. The van der Waals surface area contributed by atoms with E-state index in [0.29, 0.717) is 19.4 Å². The summed E-state index contributed by atoms with van der Waals surface area (Å²) in [5.74, 6) is 0.862. The number of hydrogen-bond acceptors (Lipinski definition) is 5. The Kier molecular flexibility index (Phi) is 7.08. The fourth-order valence-electron chi connectivity index (χ4n) is 3.36. The molecule has 0 aliphatic carbocycles. The molecule has 138 valence electrons. The highest BCUT2D eigenvalue weighted by molar-refractivity contribution is 6.01. The SMILES string of the molecule is COc1cccc(N2CCN(CCCN3C(=O)CCC3=O)CC2)c1.Cl. The lowest BCUT2D eigenvalue weighted by atomic mass is 10.2. The summed E-state index contributed by atoms with van der Waals surface area (Å²) in [4.78, 5) is 29.4. The van der Waals surface area contributed by atoms with Crippen LogP contribution in [0, 0.1) is 0 Å². The molecule has 0 N–H and O–H groups in total. The molecular weight excluding hydrogens is 342 g/mol. The second-order valence-corrected chi connectivity index (χ2v) is 6.32. The molecule has 2 aliphatic heterocycles. The maximum Gasteiger partial charge on any atom is 0.229 e. The van der Waals surface area contributed by atoms with Crippen LogP contribution in [0.3, 0.4) is 0 Å². The fourth-order valence-corrected chi connectivity index (χ4v) is 3.36. The maximum atomic E-state index is 11.6. The van der Waals surface area contributed by atoms with Gasteiger partial charge in [0, 0.05) is 57.3 Å². The van der Waals surface area contributed by atoms with Gasteiger partial charge in [0.05, 0.1) is 7.11 Å². The van der Waals surface area contributed by atoms with Crippen molar-refractivity contribution in [2.24, 2.45) is 0 Å². The minimum absolute atomic E-state index is 0. The van der Waals surface area contributed by atoms with Gasteiger partial charge in [0.15, 0.2) is 0 Å². The minimum Gasteiger partial charge on any atom is -0.497 e. The van der Waals surface area contributed by atoms with Crippen LogP contribution < -0.4 is 9.64 Å². The fraction of sp³-hybridized carbons (Fsp3) is 0.556. The number of imide groups is 1. The predicted molar refractivity (Wildman–Crippen MR) is 99.5 cm³/mol. The summed E-state index contributed by atoms with van der Waals surface area (Å²) in [5, 5.41) is 0. The summed E-state index contributed by atoms with van der Waals surface area (Å²) in [6.07, 6.45) is 1.63. The molecule has 0 radical (unpaired) electrons. The van der Waals surface area contributed by atoms with Crippen molar-refractivity contribution in [1.82, 2.24) is 9.80 Å². The van der Waals surface area contributed by atoms with Gasteiger partial charge in [-0.2, -0.15) is 0 Å². The van der Waals surface area contributed by atoms with Crippen LogP contribution in [0.4, 0.5) is 5.69 Å². The lowest BCUT2D eigenvalue weighted by Crippen LogP contribution is -2.47. The average molecular weight is 368 g/mol. The minimum atomic E-state index is -0.0113. The number of anilines is 1. The van der Waals surface area contributed by atoms with E-state index in [2.05, 4.69) is 21.9 Å². The van der Waals surface area contributed by atoms with Gasteiger partial charge in [-0.05, 0) is 25.1 Å². The third kappa shape index (κ3) is 4.86. The van der Waals surface area contributed by atoms with E-state index in [9.17, 15) is 9.59 Å². The molecule has 1 aromatic rings. The number of likely N-dealkylation sites (tertiary alicyclic amines) is 1. The van der Waals surface area contributed by atoms with E-state index in [1.807, 2.05) is 12.1 Å². The largest absolute Gasteiger partial charge is 0.497 e. The number of methoxy groups -OCH3 is 1. The van der Waals surface area contributed by atoms with Gasteiger partial charge < -0.3 is 9.64 Å². The highest BCUT2D eigenvalue weighted by Gasteiger charge is 2.28. The average Bonchev–Trinajstić information content (AvgIpc) is 2.94. The van der Waals surface area contributed by atoms with E-state index >= 15 is 0 Å². The Morgan fingerprint density at radius 3 is 2.32 bits per heavy atom. The third-order valence-corrected chi connectivity index (χ3v) is 4.80. The van der Waals surface area contributed by atoms with Crippen LogP contribution in [-0.4, -0.2) is 68.0 Å². The lowest BCUT2D eigenvalue weighted by Gasteiger charge is -2.36. The van der Waals surface area contributed by atoms with Crippen LogP contribution in [0.2, 0.25) is 0 Å². The highest BCUT2D eigenvalue weighted by Crippen LogP contribution is 2.22. The topological polar surface area (TPSA) is 53.1 Å². The quantitative estimate of drug-likeness (QED) is 0.717. The summed E-state index contributed by atoms with van der Waals surface area (Å²) < 4.78 is 5.29. The molecule has 0 atom stereocenters. The Hall–Kier alpha value is -1.79. The van der Waals surface area contributed by atoms with Gasteiger partial charge >= 0.3 is 0 Å². The molecule has 0 aromatic heterocycles. The van der Waals surface area contributed by atoms with Gasteiger partial charge in [-0.1, -0.05) is 6.07 Å². The predicted octanol–water partition coefficient (Wildman–Crippen LogP) is 1.78. The standard InChI is InChI=1S/C18H25N3O3.ClH/c1-24-16-5-2-4-15(14-16)20-12-10-19(11-13-20)8-3-9-21-17(22)6-7-18(21)23;/h2,4-5,14H,3,6-13H2,1H3;1H. The molecule has 0 spiro atoms. The first-order chi connectivity index (χ1) is 11.7. The Morgan fingerprint density at radius 1 is 1.00 bits per heavy atom. The molecular formula is C18H26ClN3O3. The number of carbonyl (C=O) groups is 2. The summed E-state index contributed by atoms with van der Waals surface area (Å²) in [6.45, 7) is 5.46. The van der Waals surface area contributed by atoms with E-state index in [1.54, 1.807) is 7.11 Å². The molecule has 2 fully saturated rings. The number of amides is 2. The molecule has 6 nitrogen and oxygen atoms in total. The van der Waals surface area contributed by atoms with Crippen LogP contribution in [0.5, 0.6) is 5.75 Å². The number of rotatable bonds is 6. The molecule has 7 heteroatoms. The molecule has 1 aromatic carbocycles. The van der Waals surface area contributed by atoms with Crippen LogP contribution in [-0.2, 0) is 9.59 Å². The number of hydrogen-bond donors (Lipinski definition) is 0. The van der Waals surface area contributed by atoms with Crippen molar-refractivity contribution >= 4 is 29.9 Å². The van der Waals surface area contributed by atoms with E-state index in [0.717, 1.165) is 44.9 Å². The summed E-state index contributed by atoms with van der Waals surface area (Å²) in [7, 11) is 1.69. The van der Waals surface area contributed by atoms with Crippen LogP contribution >= 0.6 is 12.4 Å². The van der Waals surface area contributed by atoms with Crippen LogP contribution in [0.15, 0.2) is 24.3 Å². The molecule has 2 saturated heterocycles. The van der Waals surface area contributed by atoms with Crippen molar-refractivity contribution in [1.29, 1.82) is 0 Å². The van der Waals surface area contributed by atoms with Crippen molar-refractivity contribution in [3.05, 3.63) is 24.3 Å². The number of halogens is 1. The molecule has 2 heterocycles. The highest BCUT2D eigenvalue weighted by atomic mass is 35.5. The van der Waals surface area contributed by atoms with Gasteiger partial charge in [0.1, 0.15) is 5.75 Å². The normalized spacial score (nSPS) is 18.4. The molecule has 0 unspecified atom stereocenters. The zero-order valence-corrected chi connectivity index (χ0v) is 15.5. The molecule has 25 heavy (non-hydrogen) atoms. The van der Waals surface area contributed by atoms with Crippen LogP contribution in [0.1, 0.15) is 19.3 Å². The number of carbonyl (C=O) groups excluding carboxylic acids is 2. The second-order valence-electron chi connectivity index (χ2n) is 6.32. The second kappa shape index (κ2) is 9.06. The van der Waals surface area contributed by atoms with Crippen molar-refractivity contribution in [3.8, 4) is 5.75 Å². The number of ether oxygens (including phenoxy) is 1. The van der Waals surface area contributed by atoms with Crippen LogP contribution in [0.25, 0.3) is 0 Å². The monoisotopic (exact) mass is 367 g/mol. The van der Waals surface area contributed by atoms with Crippen molar-refractivity contribution in [2.75, 3.05) is 51.3 Å². The Morgan fingerprint density at radius 2 is 1.68 bits per heavy atom. The molecule has 2 aliphatic rings. The van der Waals surface area contributed by atoms with E-state index in [-0.39, 0.29) is 24.2 Å². The number of nitrogens with zero attached hydrogens (tertiary/aromatic N) is 3. The van der Waals surface area contributed by atoms with Crippen molar-refractivity contribution < 1.29 is 14.3 Å². The molecule has 2 amide bonds. The smallest absolute Gasteiger partial charge is 0.229 e. The van der Waals surface area contributed by atoms with Crippen molar-refractivity contribution in [3.63, 3.8) is 0 Å². The summed E-state index contributed by atoms with van der Waals surface area (Å²) >= 11 is 0. The lowest BCUT2D eigenvalue weighted by molar-refractivity contribution is -0.138.